The van der Waals surface area contributed by atoms with Gasteiger partial charge in [0.1, 0.15) is 0 Å². The van der Waals surface area contributed by atoms with Gasteiger partial charge in [0.05, 0.1) is 0 Å². The highest BCUT2D eigenvalue weighted by Crippen LogP contribution is 2.26. The van der Waals surface area contributed by atoms with E-state index in [2.05, 4.69) is 5.32 Å². The van der Waals surface area contributed by atoms with Gasteiger partial charge in [-0.25, -0.2) is 0 Å². The molecular weight excluding hydrogens is 234 g/mol. The number of hydrogen-bond donors (Lipinski definition) is 1. The molecule has 0 atom stereocenters. The largest absolute Gasteiger partial charge is 0.326 e. The standard InChI is InChI=1S/C14H18ClNO/c15-10-9-11-5-7-13(8-6-11)16-14(17)12-3-1-2-4-12/h5-8,12H,1-4,9-10H2,(H,16,17). The van der Waals surface area contributed by atoms with E-state index in [4.69, 9.17) is 11.6 Å². The molecule has 92 valence electrons. The topological polar surface area (TPSA) is 29.1 Å². The van der Waals surface area contributed by atoms with E-state index in [1.807, 2.05) is 24.3 Å². The van der Waals surface area contributed by atoms with Crippen LogP contribution in [0.2, 0.25) is 0 Å². The second-order valence-corrected chi connectivity index (χ2v) is 4.98. The van der Waals surface area contributed by atoms with Crippen LogP contribution in [0.1, 0.15) is 31.2 Å². The van der Waals surface area contributed by atoms with E-state index in [1.165, 1.54) is 18.4 Å². The summed E-state index contributed by atoms with van der Waals surface area (Å²) in [4.78, 5) is 11.9. The number of amides is 1. The van der Waals surface area contributed by atoms with Crippen molar-refractivity contribution in [3.63, 3.8) is 0 Å². The molecule has 2 rings (SSSR count). The first-order valence-corrected chi connectivity index (χ1v) is 6.79. The lowest BCUT2D eigenvalue weighted by atomic mass is 10.1. The zero-order valence-corrected chi connectivity index (χ0v) is 10.7. The zero-order chi connectivity index (χ0) is 12.1. The van der Waals surface area contributed by atoms with E-state index in [0.717, 1.165) is 24.9 Å². The molecule has 1 N–H and O–H groups in total. The van der Waals surface area contributed by atoms with Crippen LogP contribution in [-0.4, -0.2) is 11.8 Å². The number of rotatable bonds is 4. The van der Waals surface area contributed by atoms with Crippen molar-refractivity contribution < 1.29 is 4.79 Å². The number of aryl methyl sites for hydroxylation is 1. The maximum Gasteiger partial charge on any atom is 0.227 e. The van der Waals surface area contributed by atoms with Crippen LogP contribution >= 0.6 is 11.6 Å². The third-order valence-electron chi connectivity index (χ3n) is 3.33. The summed E-state index contributed by atoms with van der Waals surface area (Å²) in [5, 5.41) is 2.98. The van der Waals surface area contributed by atoms with E-state index in [9.17, 15) is 4.79 Å². The van der Waals surface area contributed by atoms with Gasteiger partial charge in [0.25, 0.3) is 0 Å². The maximum absolute atomic E-state index is 11.9. The Labute approximate surface area is 107 Å². The summed E-state index contributed by atoms with van der Waals surface area (Å²) in [6.07, 6.45) is 5.32. The fourth-order valence-corrected chi connectivity index (χ4v) is 2.51. The third kappa shape index (κ3) is 3.47. The molecule has 1 amide bonds. The molecule has 0 aromatic heterocycles. The molecule has 2 nitrogen and oxygen atoms in total. The Bertz CT molecular complexity index is 368. The Morgan fingerprint density at radius 3 is 2.47 bits per heavy atom. The highest BCUT2D eigenvalue weighted by Gasteiger charge is 2.22. The van der Waals surface area contributed by atoms with Gasteiger partial charge < -0.3 is 5.32 Å². The molecule has 1 fully saturated rings. The summed E-state index contributed by atoms with van der Waals surface area (Å²) in [6.45, 7) is 0. The number of benzene rings is 1. The van der Waals surface area contributed by atoms with Crippen molar-refractivity contribution in [2.45, 2.75) is 32.1 Å². The van der Waals surface area contributed by atoms with Crippen molar-refractivity contribution in [2.24, 2.45) is 5.92 Å². The van der Waals surface area contributed by atoms with Crippen LogP contribution < -0.4 is 5.32 Å². The molecule has 0 unspecified atom stereocenters. The summed E-state index contributed by atoms with van der Waals surface area (Å²) < 4.78 is 0. The van der Waals surface area contributed by atoms with Crippen molar-refractivity contribution in [3.05, 3.63) is 29.8 Å². The fraction of sp³-hybridized carbons (Fsp3) is 0.500. The second-order valence-electron chi connectivity index (χ2n) is 4.61. The third-order valence-corrected chi connectivity index (χ3v) is 3.52. The Morgan fingerprint density at radius 2 is 1.88 bits per heavy atom. The minimum absolute atomic E-state index is 0.174. The van der Waals surface area contributed by atoms with E-state index in [0.29, 0.717) is 5.88 Å². The van der Waals surface area contributed by atoms with E-state index in [-0.39, 0.29) is 11.8 Å². The summed E-state index contributed by atoms with van der Waals surface area (Å²) in [5.74, 6) is 1.03. The Morgan fingerprint density at radius 1 is 1.24 bits per heavy atom. The number of halogens is 1. The first kappa shape index (κ1) is 12.4. The van der Waals surface area contributed by atoms with Crippen molar-refractivity contribution in [1.29, 1.82) is 0 Å². The Balaban J connectivity index is 1.91. The molecule has 0 heterocycles. The lowest BCUT2D eigenvalue weighted by molar-refractivity contribution is -0.119. The van der Waals surface area contributed by atoms with E-state index < -0.39 is 0 Å². The average molecular weight is 252 g/mol. The Hall–Kier alpha value is -1.02. The molecule has 1 saturated carbocycles. The van der Waals surface area contributed by atoms with Gasteiger partial charge in [0.15, 0.2) is 0 Å². The van der Waals surface area contributed by atoms with Gasteiger partial charge in [-0.1, -0.05) is 25.0 Å². The van der Waals surface area contributed by atoms with Crippen LogP contribution in [0.5, 0.6) is 0 Å². The molecule has 0 saturated heterocycles. The summed E-state index contributed by atoms with van der Waals surface area (Å²) >= 11 is 5.68. The highest BCUT2D eigenvalue weighted by atomic mass is 35.5. The van der Waals surface area contributed by atoms with Crippen LogP contribution in [0, 0.1) is 5.92 Å². The van der Waals surface area contributed by atoms with Crippen LogP contribution in [-0.2, 0) is 11.2 Å². The predicted octanol–water partition coefficient (Wildman–Crippen LogP) is 3.60. The minimum atomic E-state index is 0.174. The highest BCUT2D eigenvalue weighted by molar-refractivity contribution is 6.17. The number of anilines is 1. The SMILES string of the molecule is O=C(Nc1ccc(CCCl)cc1)C1CCCC1. The zero-order valence-electron chi connectivity index (χ0n) is 9.92. The molecule has 0 bridgehead atoms. The van der Waals surface area contributed by atoms with Crippen LogP contribution in [0.15, 0.2) is 24.3 Å². The number of nitrogens with one attached hydrogen (secondary N) is 1. The van der Waals surface area contributed by atoms with E-state index >= 15 is 0 Å². The number of alkyl halides is 1. The molecular formula is C14H18ClNO. The molecule has 1 aromatic rings. The molecule has 1 aliphatic rings. The van der Waals surface area contributed by atoms with Crippen molar-refractivity contribution >= 4 is 23.2 Å². The molecule has 1 aliphatic carbocycles. The first-order valence-electron chi connectivity index (χ1n) is 6.25. The number of hydrogen-bond acceptors (Lipinski definition) is 1. The lowest BCUT2D eigenvalue weighted by Gasteiger charge is -2.10. The molecule has 0 aliphatic heterocycles. The van der Waals surface area contributed by atoms with Crippen LogP contribution in [0.25, 0.3) is 0 Å². The first-order chi connectivity index (χ1) is 8.29. The van der Waals surface area contributed by atoms with Gasteiger partial charge in [0, 0.05) is 17.5 Å². The Kier molecular flexibility index (Phi) is 4.43. The van der Waals surface area contributed by atoms with Gasteiger partial charge in [-0.3, -0.25) is 4.79 Å². The summed E-state index contributed by atoms with van der Waals surface area (Å²) in [6, 6.07) is 7.95. The molecule has 0 radical (unpaired) electrons. The quantitative estimate of drug-likeness (QED) is 0.814. The van der Waals surface area contributed by atoms with Crippen molar-refractivity contribution in [1.82, 2.24) is 0 Å². The van der Waals surface area contributed by atoms with Gasteiger partial charge >= 0.3 is 0 Å². The van der Waals surface area contributed by atoms with Crippen molar-refractivity contribution in [2.75, 3.05) is 11.2 Å². The molecule has 3 heteroatoms. The molecule has 17 heavy (non-hydrogen) atoms. The van der Waals surface area contributed by atoms with Gasteiger partial charge in [-0.05, 0) is 37.0 Å². The smallest absolute Gasteiger partial charge is 0.227 e. The normalized spacial score (nSPS) is 16.1. The number of carbonyl (C=O) groups excluding carboxylic acids is 1. The summed E-state index contributed by atoms with van der Waals surface area (Å²) in [7, 11) is 0. The van der Waals surface area contributed by atoms with Gasteiger partial charge in [-0.2, -0.15) is 0 Å². The minimum Gasteiger partial charge on any atom is -0.326 e. The lowest BCUT2D eigenvalue weighted by Crippen LogP contribution is -2.20. The van der Waals surface area contributed by atoms with E-state index in [1.54, 1.807) is 0 Å². The van der Waals surface area contributed by atoms with Gasteiger partial charge in [0.2, 0.25) is 5.91 Å². The van der Waals surface area contributed by atoms with Gasteiger partial charge in [-0.15, -0.1) is 11.6 Å². The van der Waals surface area contributed by atoms with Crippen LogP contribution in [0.4, 0.5) is 5.69 Å². The number of carbonyl (C=O) groups is 1. The van der Waals surface area contributed by atoms with Crippen LogP contribution in [0.3, 0.4) is 0 Å². The fourth-order valence-electron chi connectivity index (χ4n) is 2.30. The second kappa shape index (κ2) is 6.06. The summed E-state index contributed by atoms with van der Waals surface area (Å²) in [5.41, 5.74) is 2.10. The van der Waals surface area contributed by atoms with Crippen molar-refractivity contribution in [3.8, 4) is 0 Å². The molecule has 0 spiro atoms. The maximum atomic E-state index is 11.9. The average Bonchev–Trinajstić information content (AvgIpc) is 2.86. The molecule has 1 aromatic carbocycles. The monoisotopic (exact) mass is 251 g/mol. The predicted molar refractivity (Wildman–Crippen MR) is 71.5 cm³/mol.